The average molecular weight is 205 g/mol. The molecule has 1 aliphatic rings. The molecule has 0 amide bonds. The van der Waals surface area contributed by atoms with Crippen LogP contribution in [0.2, 0.25) is 0 Å². The second-order valence-electron chi connectivity index (χ2n) is 4.01. The summed E-state index contributed by atoms with van der Waals surface area (Å²) in [5.41, 5.74) is 2.71. The summed E-state index contributed by atoms with van der Waals surface area (Å²) in [6.45, 7) is 6.47. The van der Waals surface area contributed by atoms with Crippen molar-refractivity contribution >= 4 is 16.8 Å². The molecule has 0 bridgehead atoms. The van der Waals surface area contributed by atoms with E-state index in [9.17, 15) is 0 Å². The van der Waals surface area contributed by atoms with Gasteiger partial charge in [0.25, 0.3) is 0 Å². The number of nitrogens with zero attached hydrogens (tertiary/aromatic N) is 1. The van der Waals surface area contributed by atoms with Gasteiger partial charge in [-0.2, -0.15) is 0 Å². The van der Waals surface area contributed by atoms with Gasteiger partial charge in [-0.1, -0.05) is 24.3 Å². The molecule has 1 unspecified atom stereocenters. The van der Waals surface area contributed by atoms with Gasteiger partial charge in [-0.15, -0.1) is 11.8 Å². The molecule has 0 spiro atoms. The van der Waals surface area contributed by atoms with Gasteiger partial charge in [0.2, 0.25) is 0 Å². The van der Waals surface area contributed by atoms with Gasteiger partial charge in [-0.05, 0) is 31.9 Å². The fraction of sp³-hybridized carbons (Fsp3) is 0.417. The molecule has 0 saturated carbocycles. The quantitative estimate of drug-likeness (QED) is 0.684. The number of aliphatic imine (C=N–C) groups is 1. The van der Waals surface area contributed by atoms with Crippen LogP contribution in [0.1, 0.15) is 25.0 Å². The second kappa shape index (κ2) is 3.43. The molecule has 1 atom stereocenters. The van der Waals surface area contributed by atoms with Gasteiger partial charge in [-0.3, -0.25) is 4.99 Å². The number of hydrogen-bond acceptors (Lipinski definition) is 2. The first-order chi connectivity index (χ1) is 6.62. The minimum absolute atomic E-state index is 0.0000926. The van der Waals surface area contributed by atoms with Crippen LogP contribution in [0.5, 0.6) is 0 Å². The zero-order chi connectivity index (χ0) is 10.2. The van der Waals surface area contributed by atoms with E-state index in [0.717, 1.165) is 5.75 Å². The summed E-state index contributed by atoms with van der Waals surface area (Å²) in [7, 11) is 0. The van der Waals surface area contributed by atoms with Crippen molar-refractivity contribution in [2.45, 2.75) is 26.3 Å². The highest BCUT2D eigenvalue weighted by molar-refractivity contribution is 8.14. The lowest BCUT2D eigenvalue weighted by molar-refractivity contribution is 0.576. The van der Waals surface area contributed by atoms with Crippen molar-refractivity contribution in [1.82, 2.24) is 0 Å². The Kier molecular flexibility index (Phi) is 2.40. The van der Waals surface area contributed by atoms with E-state index in [1.54, 1.807) is 0 Å². The van der Waals surface area contributed by atoms with E-state index >= 15 is 0 Å². The molecule has 0 radical (unpaired) electrons. The lowest BCUT2D eigenvalue weighted by atomic mass is 9.91. The third-order valence-electron chi connectivity index (χ3n) is 2.69. The Labute approximate surface area is 89.6 Å². The van der Waals surface area contributed by atoms with Crippen LogP contribution in [0.15, 0.2) is 29.3 Å². The minimum atomic E-state index is 0.0000926. The van der Waals surface area contributed by atoms with Crippen molar-refractivity contribution in [3.8, 4) is 0 Å². The highest BCUT2D eigenvalue weighted by Gasteiger charge is 2.31. The molecule has 74 valence electrons. The highest BCUT2D eigenvalue weighted by atomic mass is 32.2. The summed E-state index contributed by atoms with van der Waals surface area (Å²) < 4.78 is 0. The average Bonchev–Trinajstić information content (AvgIpc) is 2.48. The van der Waals surface area contributed by atoms with Gasteiger partial charge in [0.15, 0.2) is 0 Å². The number of aryl methyl sites for hydroxylation is 1. The minimum Gasteiger partial charge on any atom is -0.271 e. The van der Waals surface area contributed by atoms with E-state index in [4.69, 9.17) is 4.99 Å². The number of rotatable bonds is 1. The molecule has 1 aromatic rings. The first kappa shape index (κ1) is 9.78. The van der Waals surface area contributed by atoms with Gasteiger partial charge in [0, 0.05) is 5.75 Å². The smallest absolute Gasteiger partial charge is 0.0934 e. The molecule has 2 heteroatoms. The second-order valence-corrected chi connectivity index (χ2v) is 5.18. The Morgan fingerprint density at radius 1 is 1.29 bits per heavy atom. The van der Waals surface area contributed by atoms with Gasteiger partial charge in [-0.25, -0.2) is 0 Å². The van der Waals surface area contributed by atoms with Crippen molar-refractivity contribution in [1.29, 1.82) is 0 Å². The Hall–Kier alpha value is -0.760. The monoisotopic (exact) mass is 205 g/mol. The van der Waals surface area contributed by atoms with E-state index < -0.39 is 0 Å². The van der Waals surface area contributed by atoms with Gasteiger partial charge in [0.05, 0.1) is 10.6 Å². The lowest BCUT2D eigenvalue weighted by Gasteiger charge is -2.22. The third-order valence-corrected chi connectivity index (χ3v) is 3.91. The first-order valence-corrected chi connectivity index (χ1v) is 5.86. The topological polar surface area (TPSA) is 12.4 Å². The van der Waals surface area contributed by atoms with Crippen molar-refractivity contribution in [2.24, 2.45) is 4.99 Å². The molecule has 1 nitrogen and oxygen atoms in total. The van der Waals surface area contributed by atoms with Crippen LogP contribution in [0.4, 0.5) is 0 Å². The van der Waals surface area contributed by atoms with Crippen molar-refractivity contribution < 1.29 is 0 Å². The predicted octanol–water partition coefficient (Wildman–Crippen LogP) is 3.38. The molecule has 0 N–H and O–H groups in total. The van der Waals surface area contributed by atoms with Crippen LogP contribution in [0, 0.1) is 6.92 Å². The zero-order valence-corrected chi connectivity index (χ0v) is 9.69. The van der Waals surface area contributed by atoms with E-state index in [2.05, 4.69) is 45.0 Å². The SMILES string of the molecule is CC1=NC(C)(c2ccccc2C)CS1. The number of hydrogen-bond donors (Lipinski definition) is 0. The van der Waals surface area contributed by atoms with Gasteiger partial charge >= 0.3 is 0 Å². The van der Waals surface area contributed by atoms with Crippen molar-refractivity contribution in [2.75, 3.05) is 5.75 Å². The number of thioether (sulfide) groups is 1. The van der Waals surface area contributed by atoms with Crippen LogP contribution in [-0.4, -0.2) is 10.8 Å². The Morgan fingerprint density at radius 3 is 2.57 bits per heavy atom. The maximum absolute atomic E-state index is 4.73. The fourth-order valence-electron chi connectivity index (χ4n) is 1.97. The van der Waals surface area contributed by atoms with E-state index in [1.807, 2.05) is 11.8 Å². The van der Waals surface area contributed by atoms with Crippen LogP contribution >= 0.6 is 11.8 Å². The Balaban J connectivity index is 2.45. The molecular formula is C12H15NS. The molecule has 1 aliphatic heterocycles. The molecule has 0 saturated heterocycles. The standard InChI is InChI=1S/C12H15NS/c1-9-6-4-5-7-11(9)12(3)8-14-10(2)13-12/h4-7H,8H2,1-3H3. The van der Waals surface area contributed by atoms with Crippen LogP contribution in [0.3, 0.4) is 0 Å². The van der Waals surface area contributed by atoms with Crippen LogP contribution in [0.25, 0.3) is 0 Å². The summed E-state index contributed by atoms with van der Waals surface area (Å²) in [6, 6.07) is 8.54. The van der Waals surface area contributed by atoms with Gasteiger partial charge in [0.1, 0.15) is 0 Å². The summed E-state index contributed by atoms with van der Waals surface area (Å²) in [5.74, 6) is 1.07. The molecule has 0 fully saturated rings. The third kappa shape index (κ3) is 1.59. The lowest BCUT2D eigenvalue weighted by Crippen LogP contribution is -2.20. The molecule has 2 rings (SSSR count). The normalized spacial score (nSPS) is 26.4. The summed E-state index contributed by atoms with van der Waals surface area (Å²) in [5, 5.41) is 1.20. The van der Waals surface area contributed by atoms with Crippen LogP contribution in [-0.2, 0) is 5.54 Å². The zero-order valence-electron chi connectivity index (χ0n) is 8.87. The Morgan fingerprint density at radius 2 is 2.00 bits per heavy atom. The van der Waals surface area contributed by atoms with E-state index in [0.29, 0.717) is 0 Å². The fourth-order valence-corrected chi connectivity index (χ4v) is 2.95. The maximum Gasteiger partial charge on any atom is 0.0934 e. The first-order valence-electron chi connectivity index (χ1n) is 4.87. The van der Waals surface area contributed by atoms with E-state index in [1.165, 1.54) is 16.2 Å². The maximum atomic E-state index is 4.73. The molecule has 0 aliphatic carbocycles. The molecule has 0 aromatic heterocycles. The van der Waals surface area contributed by atoms with Crippen LogP contribution < -0.4 is 0 Å². The summed E-state index contributed by atoms with van der Waals surface area (Å²) in [6.07, 6.45) is 0. The van der Waals surface area contributed by atoms with E-state index in [-0.39, 0.29) is 5.54 Å². The predicted molar refractivity (Wildman–Crippen MR) is 64.1 cm³/mol. The molecule has 14 heavy (non-hydrogen) atoms. The van der Waals surface area contributed by atoms with Gasteiger partial charge < -0.3 is 0 Å². The van der Waals surface area contributed by atoms with Crippen molar-refractivity contribution in [3.63, 3.8) is 0 Å². The highest BCUT2D eigenvalue weighted by Crippen LogP contribution is 2.37. The molecule has 1 aromatic carbocycles. The molecular weight excluding hydrogens is 190 g/mol. The summed E-state index contributed by atoms with van der Waals surface area (Å²) >= 11 is 1.86. The number of benzene rings is 1. The molecule has 1 heterocycles. The Bertz CT molecular complexity index is 384. The largest absolute Gasteiger partial charge is 0.271 e. The van der Waals surface area contributed by atoms with Crippen molar-refractivity contribution in [3.05, 3.63) is 35.4 Å². The summed E-state index contributed by atoms with van der Waals surface area (Å²) in [4.78, 5) is 4.73.